The summed E-state index contributed by atoms with van der Waals surface area (Å²) in [6.07, 6.45) is 0.559. The second kappa shape index (κ2) is 6.76. The van der Waals surface area contributed by atoms with Crippen molar-refractivity contribution in [2.24, 2.45) is 0 Å². The highest BCUT2D eigenvalue weighted by atomic mass is 16.5. The largest absolute Gasteiger partial charge is 0.468 e. The van der Waals surface area contributed by atoms with Crippen LogP contribution >= 0.6 is 0 Å². The van der Waals surface area contributed by atoms with Crippen molar-refractivity contribution < 1.29 is 9.53 Å². The predicted molar refractivity (Wildman–Crippen MR) is 83.7 cm³/mol. The molecule has 0 spiro atoms. The van der Waals surface area contributed by atoms with E-state index >= 15 is 0 Å². The molecule has 0 aliphatic carbocycles. The monoisotopic (exact) mass is 278 g/mol. The van der Waals surface area contributed by atoms with E-state index in [1.165, 1.54) is 7.11 Å². The highest BCUT2D eigenvalue weighted by Gasteiger charge is 2.38. The van der Waals surface area contributed by atoms with Crippen LogP contribution in [0.1, 0.15) is 24.5 Å². The Hall–Kier alpha value is -2.53. The Labute approximate surface area is 125 Å². The molecule has 0 aliphatic heterocycles. The summed E-state index contributed by atoms with van der Waals surface area (Å²) in [5.74, 6) is 5.92. The normalized spacial score (nSPS) is 12.7. The summed E-state index contributed by atoms with van der Waals surface area (Å²) in [6, 6.07) is 19.2. The first-order chi connectivity index (χ1) is 10.2. The Morgan fingerprint density at radius 3 is 2.14 bits per heavy atom. The third kappa shape index (κ3) is 3.14. The second-order valence-corrected chi connectivity index (χ2v) is 4.73. The fourth-order valence-corrected chi connectivity index (χ4v) is 2.28. The number of hydrogen-bond acceptors (Lipinski definition) is 2. The average molecular weight is 278 g/mol. The Morgan fingerprint density at radius 1 is 1.05 bits per heavy atom. The molecule has 2 rings (SSSR count). The molecule has 0 saturated heterocycles. The van der Waals surface area contributed by atoms with Gasteiger partial charge in [0.1, 0.15) is 0 Å². The summed E-state index contributed by atoms with van der Waals surface area (Å²) in [5, 5.41) is 0. The fourth-order valence-electron chi connectivity index (χ4n) is 2.28. The van der Waals surface area contributed by atoms with Crippen molar-refractivity contribution in [3.63, 3.8) is 0 Å². The topological polar surface area (TPSA) is 26.3 Å². The van der Waals surface area contributed by atoms with Gasteiger partial charge in [-0.3, -0.25) is 4.79 Å². The van der Waals surface area contributed by atoms with Crippen LogP contribution in [-0.4, -0.2) is 13.1 Å². The van der Waals surface area contributed by atoms with Crippen molar-refractivity contribution in [2.45, 2.75) is 18.8 Å². The SMILES string of the molecule is CC[C@](C#Cc1ccccc1)(C(=O)OC)c1ccccc1. The van der Waals surface area contributed by atoms with Crippen LogP contribution < -0.4 is 0 Å². The maximum absolute atomic E-state index is 12.4. The van der Waals surface area contributed by atoms with Crippen LogP contribution in [0.4, 0.5) is 0 Å². The van der Waals surface area contributed by atoms with Gasteiger partial charge in [-0.1, -0.05) is 67.3 Å². The van der Waals surface area contributed by atoms with Crippen molar-refractivity contribution in [3.05, 3.63) is 71.8 Å². The molecule has 0 heterocycles. The molecule has 0 fully saturated rings. The first-order valence-corrected chi connectivity index (χ1v) is 6.95. The minimum Gasteiger partial charge on any atom is -0.468 e. The molecule has 0 N–H and O–H groups in total. The number of hydrogen-bond donors (Lipinski definition) is 0. The lowest BCUT2D eigenvalue weighted by Crippen LogP contribution is -2.35. The van der Waals surface area contributed by atoms with Gasteiger partial charge in [0.05, 0.1) is 7.11 Å². The molecule has 21 heavy (non-hydrogen) atoms. The third-order valence-electron chi connectivity index (χ3n) is 3.52. The molecule has 0 radical (unpaired) electrons. The molecule has 0 unspecified atom stereocenters. The van der Waals surface area contributed by atoms with E-state index < -0.39 is 5.41 Å². The lowest BCUT2D eigenvalue weighted by molar-refractivity contribution is -0.145. The van der Waals surface area contributed by atoms with E-state index in [-0.39, 0.29) is 5.97 Å². The first-order valence-electron chi connectivity index (χ1n) is 6.95. The quantitative estimate of drug-likeness (QED) is 0.634. The van der Waals surface area contributed by atoms with E-state index in [4.69, 9.17) is 4.74 Å². The summed E-state index contributed by atoms with van der Waals surface area (Å²) < 4.78 is 5.01. The van der Waals surface area contributed by atoms with Gasteiger partial charge in [0.2, 0.25) is 0 Å². The lowest BCUT2D eigenvalue weighted by Gasteiger charge is -2.24. The van der Waals surface area contributed by atoms with Gasteiger partial charge in [-0.2, -0.15) is 0 Å². The van der Waals surface area contributed by atoms with Crippen LogP contribution in [0.3, 0.4) is 0 Å². The number of rotatable bonds is 3. The van der Waals surface area contributed by atoms with Crippen molar-refractivity contribution in [2.75, 3.05) is 7.11 Å². The summed E-state index contributed by atoms with van der Waals surface area (Å²) in [7, 11) is 1.40. The van der Waals surface area contributed by atoms with Gasteiger partial charge in [-0.25, -0.2) is 0 Å². The predicted octanol–water partition coefficient (Wildman–Crippen LogP) is 3.56. The molecule has 0 amide bonds. The number of ether oxygens (including phenoxy) is 1. The molecule has 2 aromatic carbocycles. The Bertz CT molecular complexity index is 650. The molecule has 0 saturated carbocycles. The summed E-state index contributed by atoms with van der Waals surface area (Å²) in [5.41, 5.74) is 0.823. The second-order valence-electron chi connectivity index (χ2n) is 4.73. The van der Waals surface area contributed by atoms with Gasteiger partial charge in [0.15, 0.2) is 5.41 Å². The first kappa shape index (κ1) is 14.9. The van der Waals surface area contributed by atoms with Crippen molar-refractivity contribution in [1.29, 1.82) is 0 Å². The van der Waals surface area contributed by atoms with E-state index in [1.54, 1.807) is 0 Å². The maximum atomic E-state index is 12.4. The number of benzene rings is 2. The van der Waals surface area contributed by atoms with E-state index in [0.29, 0.717) is 6.42 Å². The average Bonchev–Trinajstić information content (AvgIpc) is 2.57. The highest BCUT2D eigenvalue weighted by Crippen LogP contribution is 2.29. The van der Waals surface area contributed by atoms with Gasteiger partial charge in [-0.15, -0.1) is 0 Å². The Balaban J connectivity index is 2.52. The summed E-state index contributed by atoms with van der Waals surface area (Å²) >= 11 is 0. The van der Waals surface area contributed by atoms with Gasteiger partial charge >= 0.3 is 5.97 Å². The van der Waals surface area contributed by atoms with E-state index in [9.17, 15) is 4.79 Å². The molecule has 0 aromatic heterocycles. The molecule has 106 valence electrons. The maximum Gasteiger partial charge on any atom is 0.328 e. The van der Waals surface area contributed by atoms with Crippen molar-refractivity contribution in [3.8, 4) is 11.8 Å². The number of carbonyl (C=O) groups excluding carboxylic acids is 1. The van der Waals surface area contributed by atoms with Crippen LogP contribution in [0.5, 0.6) is 0 Å². The summed E-state index contributed by atoms with van der Waals surface area (Å²) in [6.45, 7) is 1.95. The smallest absolute Gasteiger partial charge is 0.328 e. The van der Waals surface area contributed by atoms with Crippen molar-refractivity contribution in [1.82, 2.24) is 0 Å². The fraction of sp³-hybridized carbons (Fsp3) is 0.211. The van der Waals surface area contributed by atoms with Gasteiger partial charge in [0, 0.05) is 5.56 Å². The van der Waals surface area contributed by atoms with Gasteiger partial charge < -0.3 is 4.74 Å². The molecular weight excluding hydrogens is 260 g/mol. The number of esters is 1. The minimum absolute atomic E-state index is 0.320. The standard InChI is InChI=1S/C19H18O2/c1-3-19(18(20)21-2,17-12-8-5-9-13-17)15-14-16-10-6-4-7-11-16/h4-13H,3H2,1-2H3/t19-/m1/s1. The molecular formula is C19H18O2. The zero-order chi connectivity index (χ0) is 15.1. The Kier molecular flexibility index (Phi) is 4.79. The van der Waals surface area contributed by atoms with Crippen LogP contribution in [0, 0.1) is 11.8 Å². The van der Waals surface area contributed by atoms with Crippen LogP contribution in [0.15, 0.2) is 60.7 Å². The lowest BCUT2D eigenvalue weighted by atomic mass is 9.78. The van der Waals surface area contributed by atoms with Crippen LogP contribution in [-0.2, 0) is 14.9 Å². The molecule has 1 atom stereocenters. The number of methoxy groups -OCH3 is 1. The van der Waals surface area contributed by atoms with E-state index in [1.807, 2.05) is 67.6 Å². The summed E-state index contributed by atoms with van der Waals surface area (Å²) in [4.78, 5) is 12.4. The van der Waals surface area contributed by atoms with Crippen molar-refractivity contribution >= 4 is 5.97 Å². The third-order valence-corrected chi connectivity index (χ3v) is 3.52. The van der Waals surface area contributed by atoms with E-state index in [2.05, 4.69) is 11.8 Å². The molecule has 2 heteroatoms. The zero-order valence-electron chi connectivity index (χ0n) is 12.3. The van der Waals surface area contributed by atoms with Crippen LogP contribution in [0.2, 0.25) is 0 Å². The molecule has 2 nitrogen and oxygen atoms in total. The minimum atomic E-state index is -0.925. The molecule has 2 aromatic rings. The molecule has 0 aliphatic rings. The molecule has 0 bridgehead atoms. The highest BCUT2D eigenvalue weighted by molar-refractivity contribution is 5.87. The van der Waals surface area contributed by atoms with Gasteiger partial charge in [0.25, 0.3) is 0 Å². The van der Waals surface area contributed by atoms with E-state index in [0.717, 1.165) is 11.1 Å². The van der Waals surface area contributed by atoms with Gasteiger partial charge in [-0.05, 0) is 24.1 Å². The number of carbonyl (C=O) groups is 1. The zero-order valence-corrected chi connectivity index (χ0v) is 12.3. The van der Waals surface area contributed by atoms with Crippen LogP contribution in [0.25, 0.3) is 0 Å². The Morgan fingerprint density at radius 2 is 1.62 bits per heavy atom.